The second-order valence-electron chi connectivity index (χ2n) is 2.23. The smallest absolute Gasteiger partial charge is 0.162 e. The van der Waals surface area contributed by atoms with Crippen molar-refractivity contribution in [3.8, 4) is 6.07 Å². The standard InChI is InChI=1S/C7H6ClN3S/c1-4-10-6(3-12)5(2-9)7(8)11-4/h3,7H,1H3,(H,10,11). The van der Waals surface area contributed by atoms with E-state index in [1.54, 1.807) is 6.92 Å². The van der Waals surface area contributed by atoms with Crippen molar-refractivity contribution in [3.05, 3.63) is 11.3 Å². The van der Waals surface area contributed by atoms with E-state index >= 15 is 0 Å². The maximum absolute atomic E-state index is 8.68. The first kappa shape index (κ1) is 9.17. The lowest BCUT2D eigenvalue weighted by atomic mass is 10.2. The van der Waals surface area contributed by atoms with Crippen molar-refractivity contribution >= 4 is 35.0 Å². The van der Waals surface area contributed by atoms with Crippen LogP contribution in [0.2, 0.25) is 0 Å². The molecule has 1 rings (SSSR count). The van der Waals surface area contributed by atoms with Gasteiger partial charge in [0.2, 0.25) is 0 Å². The molecule has 1 atom stereocenters. The fourth-order valence-corrected chi connectivity index (χ4v) is 1.36. The topological polar surface area (TPSA) is 48.2 Å². The van der Waals surface area contributed by atoms with Gasteiger partial charge in [0.15, 0.2) is 5.50 Å². The molecule has 12 heavy (non-hydrogen) atoms. The van der Waals surface area contributed by atoms with Gasteiger partial charge < -0.3 is 5.32 Å². The first-order valence-corrected chi connectivity index (χ1v) is 4.14. The van der Waals surface area contributed by atoms with Gasteiger partial charge in [-0.05, 0) is 6.92 Å². The summed E-state index contributed by atoms with van der Waals surface area (Å²) in [5.74, 6) is 0.671. The van der Waals surface area contributed by atoms with E-state index in [0.29, 0.717) is 17.1 Å². The van der Waals surface area contributed by atoms with Crippen LogP contribution in [0.1, 0.15) is 6.92 Å². The minimum absolute atomic E-state index is 0.372. The molecule has 0 saturated heterocycles. The molecule has 1 aliphatic heterocycles. The molecule has 0 bridgehead atoms. The number of nitrogens with zero attached hydrogens (tertiary/aromatic N) is 2. The highest BCUT2D eigenvalue weighted by atomic mass is 35.5. The Morgan fingerprint density at radius 1 is 1.83 bits per heavy atom. The molecular weight excluding hydrogens is 194 g/mol. The monoisotopic (exact) mass is 199 g/mol. The first-order valence-electron chi connectivity index (χ1n) is 3.24. The summed E-state index contributed by atoms with van der Waals surface area (Å²) in [4.78, 5) is 3.96. The Morgan fingerprint density at radius 2 is 2.50 bits per heavy atom. The van der Waals surface area contributed by atoms with E-state index in [4.69, 9.17) is 29.1 Å². The van der Waals surface area contributed by atoms with Crippen molar-refractivity contribution < 1.29 is 0 Å². The molecule has 5 heteroatoms. The van der Waals surface area contributed by atoms with Gasteiger partial charge in [-0.1, -0.05) is 23.8 Å². The Kier molecular flexibility index (Phi) is 2.79. The van der Waals surface area contributed by atoms with Crippen molar-refractivity contribution in [2.45, 2.75) is 12.4 Å². The number of hydrogen-bond donors (Lipinski definition) is 1. The van der Waals surface area contributed by atoms with E-state index in [-0.39, 0.29) is 0 Å². The minimum atomic E-state index is -0.606. The number of alkyl halides is 1. The van der Waals surface area contributed by atoms with Crippen molar-refractivity contribution in [2.75, 3.05) is 0 Å². The minimum Gasteiger partial charge on any atom is -0.343 e. The molecule has 0 saturated carbocycles. The Labute approximate surface area is 80.7 Å². The Balaban J connectivity index is 3.06. The van der Waals surface area contributed by atoms with E-state index in [9.17, 15) is 0 Å². The third-order valence-electron chi connectivity index (χ3n) is 1.39. The van der Waals surface area contributed by atoms with Gasteiger partial charge in [-0.15, -0.1) is 0 Å². The molecular formula is C7H6ClN3S. The summed E-state index contributed by atoms with van der Waals surface area (Å²) in [7, 11) is 0. The first-order chi connectivity index (χ1) is 5.69. The highest BCUT2D eigenvalue weighted by molar-refractivity contribution is 7.79. The van der Waals surface area contributed by atoms with Gasteiger partial charge in [0.1, 0.15) is 6.07 Å². The summed E-state index contributed by atoms with van der Waals surface area (Å²) in [6.45, 7) is 1.77. The predicted molar refractivity (Wildman–Crippen MR) is 52.2 cm³/mol. The number of rotatable bonds is 1. The van der Waals surface area contributed by atoms with Gasteiger partial charge in [-0.3, -0.25) is 0 Å². The van der Waals surface area contributed by atoms with Crippen LogP contribution in [0, 0.1) is 11.3 Å². The number of halogens is 1. The molecule has 0 amide bonds. The number of nitriles is 1. The third kappa shape index (κ3) is 1.63. The number of hydrogen-bond acceptors (Lipinski definition) is 4. The highest BCUT2D eigenvalue weighted by Gasteiger charge is 2.18. The molecule has 62 valence electrons. The predicted octanol–water partition coefficient (Wildman–Crippen LogP) is 1.35. The lowest BCUT2D eigenvalue weighted by molar-refractivity contribution is 0.974. The van der Waals surface area contributed by atoms with Crippen LogP contribution in [-0.2, 0) is 0 Å². The zero-order chi connectivity index (χ0) is 9.14. The number of amidine groups is 1. The fourth-order valence-electron chi connectivity index (χ4n) is 0.864. The maximum Gasteiger partial charge on any atom is 0.162 e. The van der Waals surface area contributed by atoms with Crippen molar-refractivity contribution in [1.82, 2.24) is 5.32 Å². The summed E-state index contributed by atoms with van der Waals surface area (Å²) < 4.78 is 0. The molecule has 0 fully saturated rings. The Morgan fingerprint density at radius 3 is 3.00 bits per heavy atom. The van der Waals surface area contributed by atoms with Crippen LogP contribution in [0.4, 0.5) is 0 Å². The molecule has 3 nitrogen and oxygen atoms in total. The van der Waals surface area contributed by atoms with Crippen LogP contribution in [0.15, 0.2) is 16.3 Å². The second-order valence-corrected chi connectivity index (χ2v) is 2.88. The van der Waals surface area contributed by atoms with Gasteiger partial charge in [0.05, 0.1) is 17.1 Å². The van der Waals surface area contributed by atoms with E-state index in [0.717, 1.165) is 0 Å². The number of nitrogens with one attached hydrogen (secondary N) is 1. The van der Waals surface area contributed by atoms with Crippen molar-refractivity contribution in [3.63, 3.8) is 0 Å². The molecule has 1 heterocycles. The number of thiocarbonyl (C=S) groups is 1. The van der Waals surface area contributed by atoms with E-state index in [2.05, 4.69) is 10.3 Å². The number of allylic oxidation sites excluding steroid dienone is 1. The average Bonchev–Trinajstić information content (AvgIpc) is 2.03. The zero-order valence-corrected chi connectivity index (χ0v) is 7.91. The van der Waals surface area contributed by atoms with Crippen LogP contribution in [-0.4, -0.2) is 16.7 Å². The second kappa shape index (κ2) is 3.65. The van der Waals surface area contributed by atoms with Gasteiger partial charge in [0, 0.05) is 5.37 Å². The fraction of sp³-hybridized carbons (Fsp3) is 0.286. The highest BCUT2D eigenvalue weighted by Crippen LogP contribution is 2.17. The molecule has 0 aromatic heterocycles. The summed E-state index contributed by atoms with van der Waals surface area (Å²) in [6, 6.07) is 1.96. The molecule has 0 aliphatic carbocycles. The average molecular weight is 200 g/mol. The molecule has 1 unspecified atom stereocenters. The van der Waals surface area contributed by atoms with Crippen LogP contribution in [0.25, 0.3) is 0 Å². The van der Waals surface area contributed by atoms with Crippen LogP contribution < -0.4 is 5.32 Å². The quantitative estimate of drug-likeness (QED) is 0.394. The van der Waals surface area contributed by atoms with Crippen LogP contribution in [0.3, 0.4) is 0 Å². The largest absolute Gasteiger partial charge is 0.343 e. The molecule has 0 radical (unpaired) electrons. The van der Waals surface area contributed by atoms with Gasteiger partial charge in [-0.2, -0.15) is 5.26 Å². The Bertz CT molecular complexity index is 313. The van der Waals surface area contributed by atoms with Crippen LogP contribution in [0.5, 0.6) is 0 Å². The summed E-state index contributed by atoms with van der Waals surface area (Å²) >= 11 is 10.5. The SMILES string of the molecule is CC1=NC(Cl)C(C#N)=C(C=S)N1. The molecule has 0 aromatic carbocycles. The third-order valence-corrected chi connectivity index (χ3v) is 1.94. The molecule has 0 aromatic rings. The zero-order valence-electron chi connectivity index (χ0n) is 6.34. The van der Waals surface area contributed by atoms with Gasteiger partial charge in [-0.25, -0.2) is 4.99 Å². The Hall–Kier alpha value is -0.920. The van der Waals surface area contributed by atoms with Gasteiger partial charge >= 0.3 is 0 Å². The maximum atomic E-state index is 8.68. The van der Waals surface area contributed by atoms with Gasteiger partial charge in [0.25, 0.3) is 0 Å². The van der Waals surface area contributed by atoms with Crippen molar-refractivity contribution in [2.24, 2.45) is 4.99 Å². The number of aliphatic imine (C=N–C) groups is 1. The van der Waals surface area contributed by atoms with Crippen molar-refractivity contribution in [1.29, 1.82) is 5.26 Å². The van der Waals surface area contributed by atoms with E-state index in [1.807, 2.05) is 6.07 Å². The summed E-state index contributed by atoms with van der Waals surface area (Å²) in [6.07, 6.45) is 0. The lowest BCUT2D eigenvalue weighted by Crippen LogP contribution is -2.29. The summed E-state index contributed by atoms with van der Waals surface area (Å²) in [5.41, 5.74) is 0.336. The molecule has 0 spiro atoms. The molecule has 1 aliphatic rings. The summed E-state index contributed by atoms with van der Waals surface area (Å²) in [5, 5.41) is 12.9. The lowest BCUT2D eigenvalue weighted by Gasteiger charge is -2.16. The molecule has 1 N–H and O–H groups in total. The van der Waals surface area contributed by atoms with E-state index in [1.165, 1.54) is 5.37 Å². The normalized spacial score (nSPS) is 22.4. The van der Waals surface area contributed by atoms with E-state index < -0.39 is 5.50 Å². The van der Waals surface area contributed by atoms with Crippen LogP contribution >= 0.6 is 23.8 Å².